The molecule has 2 aromatic carbocycles. The van der Waals surface area contributed by atoms with E-state index in [2.05, 4.69) is 13.2 Å². The summed E-state index contributed by atoms with van der Waals surface area (Å²) in [5.41, 5.74) is 0.0991. The molecule has 1 aromatic heterocycles. The van der Waals surface area contributed by atoms with Gasteiger partial charge >= 0.3 is 18.1 Å². The van der Waals surface area contributed by atoms with Gasteiger partial charge in [-0.05, 0) is 68.0 Å². The number of carbonyl (C=O) groups is 2. The fourth-order valence-corrected chi connectivity index (χ4v) is 2.80. The Morgan fingerprint density at radius 1 is 0.857 bits per heavy atom. The first-order chi connectivity index (χ1) is 16.4. The van der Waals surface area contributed by atoms with Crippen molar-refractivity contribution in [2.45, 2.75) is 20.0 Å². The normalized spacial score (nSPS) is 11.3. The molecule has 0 aliphatic heterocycles. The molecule has 1 heterocycles. The van der Waals surface area contributed by atoms with Crippen molar-refractivity contribution in [1.82, 2.24) is 0 Å². The van der Waals surface area contributed by atoms with Crippen molar-refractivity contribution in [2.24, 2.45) is 0 Å². The minimum Gasteiger partial charge on any atom is -0.457 e. The SMILES string of the molecule is C=C(C)C(=O)Oc1ccc(/C=C/c2ccc(-c3ccc(OC(=O)C(=C)C)c(C(F)(F)F)c3)o2)cc1. The van der Waals surface area contributed by atoms with Gasteiger partial charge in [-0.1, -0.05) is 31.4 Å². The van der Waals surface area contributed by atoms with Gasteiger partial charge in [0, 0.05) is 16.7 Å². The van der Waals surface area contributed by atoms with Gasteiger partial charge in [0.05, 0.1) is 5.56 Å². The smallest absolute Gasteiger partial charge is 0.420 e. The third kappa shape index (κ3) is 6.60. The van der Waals surface area contributed by atoms with E-state index < -0.39 is 29.4 Å². The Bertz CT molecular complexity index is 1310. The van der Waals surface area contributed by atoms with E-state index in [1.807, 2.05) is 0 Å². The summed E-state index contributed by atoms with van der Waals surface area (Å²) in [5.74, 6) is -1.10. The summed E-state index contributed by atoms with van der Waals surface area (Å²) in [4.78, 5) is 23.3. The zero-order chi connectivity index (χ0) is 25.8. The van der Waals surface area contributed by atoms with Crippen molar-refractivity contribution < 1.29 is 36.7 Å². The van der Waals surface area contributed by atoms with Crippen LogP contribution in [0.2, 0.25) is 0 Å². The van der Waals surface area contributed by atoms with Crippen LogP contribution in [0, 0.1) is 0 Å². The molecule has 0 aliphatic rings. The van der Waals surface area contributed by atoms with Crippen LogP contribution in [0.3, 0.4) is 0 Å². The molecular formula is C27H21F3O5. The Morgan fingerprint density at radius 2 is 1.49 bits per heavy atom. The molecule has 0 bridgehead atoms. The second-order valence-corrected chi connectivity index (χ2v) is 7.65. The number of hydrogen-bond donors (Lipinski definition) is 0. The van der Waals surface area contributed by atoms with Crippen molar-refractivity contribution in [2.75, 3.05) is 0 Å². The number of halogens is 3. The van der Waals surface area contributed by atoms with E-state index in [9.17, 15) is 22.8 Å². The second-order valence-electron chi connectivity index (χ2n) is 7.65. The molecule has 8 heteroatoms. The number of furan rings is 1. The molecule has 0 N–H and O–H groups in total. The van der Waals surface area contributed by atoms with Crippen molar-refractivity contribution in [3.05, 3.63) is 95.8 Å². The van der Waals surface area contributed by atoms with Gasteiger partial charge in [-0.25, -0.2) is 9.59 Å². The van der Waals surface area contributed by atoms with Gasteiger partial charge in [-0.2, -0.15) is 13.2 Å². The summed E-state index contributed by atoms with van der Waals surface area (Å²) in [7, 11) is 0. The molecule has 0 aliphatic carbocycles. The predicted molar refractivity (Wildman–Crippen MR) is 125 cm³/mol. The van der Waals surface area contributed by atoms with Crippen LogP contribution in [0.5, 0.6) is 11.5 Å². The fourth-order valence-electron chi connectivity index (χ4n) is 2.80. The Labute approximate surface area is 199 Å². The first-order valence-electron chi connectivity index (χ1n) is 10.3. The van der Waals surface area contributed by atoms with Crippen LogP contribution in [0.1, 0.15) is 30.7 Å². The predicted octanol–water partition coefficient (Wildman–Crippen LogP) is 7.10. The number of hydrogen-bond acceptors (Lipinski definition) is 5. The third-order valence-corrected chi connectivity index (χ3v) is 4.63. The minimum absolute atomic E-state index is 0.0211. The summed E-state index contributed by atoms with van der Waals surface area (Å²) in [5, 5.41) is 0. The van der Waals surface area contributed by atoms with Crippen LogP contribution >= 0.6 is 0 Å². The van der Waals surface area contributed by atoms with Crippen molar-refractivity contribution in [1.29, 1.82) is 0 Å². The molecule has 0 spiro atoms. The summed E-state index contributed by atoms with van der Waals surface area (Å²) < 4.78 is 56.3. The summed E-state index contributed by atoms with van der Waals surface area (Å²) in [6.07, 6.45) is -1.37. The Balaban J connectivity index is 1.78. The van der Waals surface area contributed by atoms with E-state index in [1.54, 1.807) is 49.4 Å². The third-order valence-electron chi connectivity index (χ3n) is 4.63. The highest BCUT2D eigenvalue weighted by Gasteiger charge is 2.35. The van der Waals surface area contributed by atoms with Gasteiger partial charge in [0.25, 0.3) is 0 Å². The highest BCUT2D eigenvalue weighted by molar-refractivity contribution is 5.89. The lowest BCUT2D eigenvalue weighted by atomic mass is 10.1. The maximum absolute atomic E-state index is 13.6. The van der Waals surface area contributed by atoms with Crippen LogP contribution in [0.4, 0.5) is 13.2 Å². The van der Waals surface area contributed by atoms with Gasteiger partial charge in [-0.15, -0.1) is 0 Å². The van der Waals surface area contributed by atoms with Gasteiger partial charge in [0.2, 0.25) is 0 Å². The quantitative estimate of drug-likeness (QED) is 0.204. The Kier molecular flexibility index (Phi) is 7.44. The van der Waals surface area contributed by atoms with Gasteiger partial charge in [-0.3, -0.25) is 0 Å². The highest BCUT2D eigenvalue weighted by Crippen LogP contribution is 2.39. The van der Waals surface area contributed by atoms with Gasteiger partial charge in [0.15, 0.2) is 0 Å². The van der Waals surface area contributed by atoms with Crippen LogP contribution < -0.4 is 9.47 Å². The van der Waals surface area contributed by atoms with Crippen molar-refractivity contribution >= 4 is 24.1 Å². The molecule has 0 saturated heterocycles. The summed E-state index contributed by atoms with van der Waals surface area (Å²) >= 11 is 0. The topological polar surface area (TPSA) is 65.7 Å². The van der Waals surface area contributed by atoms with Gasteiger partial charge < -0.3 is 13.9 Å². The van der Waals surface area contributed by atoms with E-state index in [1.165, 1.54) is 19.1 Å². The average molecular weight is 482 g/mol. The Morgan fingerprint density at radius 3 is 2.09 bits per heavy atom. The summed E-state index contributed by atoms with van der Waals surface area (Å²) in [6.45, 7) is 9.78. The molecule has 0 saturated carbocycles. The number of alkyl halides is 3. The average Bonchev–Trinajstić information content (AvgIpc) is 3.27. The molecule has 0 amide bonds. The van der Waals surface area contributed by atoms with E-state index in [0.29, 0.717) is 11.5 Å². The highest BCUT2D eigenvalue weighted by atomic mass is 19.4. The zero-order valence-electron chi connectivity index (χ0n) is 18.9. The molecule has 0 fully saturated rings. The molecule has 3 aromatic rings. The lowest BCUT2D eigenvalue weighted by Crippen LogP contribution is -2.14. The molecule has 180 valence electrons. The Hall–Kier alpha value is -4.33. The standard InChI is InChI=1S/C27H21F3O5/c1-16(2)25(31)34-21-10-6-18(7-11-21)5-9-20-12-14-23(33-20)19-8-13-24(35-26(32)17(3)4)22(15-19)27(28,29)30/h5-15H,1,3H2,2,4H3/b9-5+. The lowest BCUT2D eigenvalue weighted by Gasteiger charge is -2.14. The molecule has 3 rings (SSSR count). The van der Waals surface area contributed by atoms with Crippen molar-refractivity contribution in [3.8, 4) is 22.8 Å². The first kappa shape index (κ1) is 25.3. The lowest BCUT2D eigenvalue weighted by molar-refractivity contribution is -0.141. The number of rotatable bonds is 7. The van der Waals surface area contributed by atoms with E-state index in [0.717, 1.165) is 17.7 Å². The van der Waals surface area contributed by atoms with E-state index in [4.69, 9.17) is 13.9 Å². The van der Waals surface area contributed by atoms with Gasteiger partial charge in [0.1, 0.15) is 23.0 Å². The number of ether oxygens (including phenoxy) is 2. The van der Waals surface area contributed by atoms with Crippen LogP contribution in [0.25, 0.3) is 23.5 Å². The maximum Gasteiger partial charge on any atom is 0.420 e. The van der Waals surface area contributed by atoms with Crippen molar-refractivity contribution in [3.63, 3.8) is 0 Å². The van der Waals surface area contributed by atoms with E-state index >= 15 is 0 Å². The second kappa shape index (κ2) is 10.3. The van der Waals surface area contributed by atoms with Crippen LogP contribution in [0.15, 0.2) is 83.3 Å². The van der Waals surface area contributed by atoms with Crippen LogP contribution in [-0.4, -0.2) is 11.9 Å². The molecule has 5 nitrogen and oxygen atoms in total. The molecular weight excluding hydrogens is 461 g/mol. The monoisotopic (exact) mass is 482 g/mol. The zero-order valence-corrected chi connectivity index (χ0v) is 18.9. The molecule has 35 heavy (non-hydrogen) atoms. The molecule has 0 atom stereocenters. The number of esters is 2. The fraction of sp³-hybridized carbons (Fsp3) is 0.111. The number of benzene rings is 2. The van der Waals surface area contributed by atoms with E-state index in [-0.39, 0.29) is 22.5 Å². The number of carbonyl (C=O) groups excluding carboxylic acids is 2. The largest absolute Gasteiger partial charge is 0.457 e. The first-order valence-corrected chi connectivity index (χ1v) is 10.3. The summed E-state index contributed by atoms with van der Waals surface area (Å²) in [6, 6.07) is 13.1. The maximum atomic E-state index is 13.6. The van der Waals surface area contributed by atoms with Crippen LogP contribution in [-0.2, 0) is 15.8 Å². The molecule has 0 radical (unpaired) electrons. The minimum atomic E-state index is -4.75. The molecule has 0 unspecified atom stereocenters.